The minimum atomic E-state index is -0.401. The highest BCUT2D eigenvalue weighted by Crippen LogP contribution is 2.31. The number of aryl methyl sites for hydroxylation is 1. The van der Waals surface area contributed by atoms with Crippen molar-refractivity contribution in [1.29, 1.82) is 0 Å². The first-order chi connectivity index (χ1) is 15.7. The number of carbonyl (C=O) groups is 1. The molecule has 1 heterocycles. The second kappa shape index (κ2) is 8.44. The monoisotopic (exact) mass is 416 g/mol. The molecule has 0 saturated heterocycles. The van der Waals surface area contributed by atoms with Crippen LogP contribution in [0.3, 0.4) is 0 Å². The van der Waals surface area contributed by atoms with Gasteiger partial charge in [-0.05, 0) is 31.2 Å². The molecule has 5 aromatic rings. The number of esters is 1. The highest BCUT2D eigenvalue weighted by molar-refractivity contribution is 5.92. The lowest BCUT2D eigenvalue weighted by molar-refractivity contribution is 0.0735. The molecule has 0 spiro atoms. The highest BCUT2D eigenvalue weighted by atomic mass is 16.5. The van der Waals surface area contributed by atoms with Gasteiger partial charge in [0.15, 0.2) is 0 Å². The zero-order chi connectivity index (χ0) is 21.9. The van der Waals surface area contributed by atoms with Crippen molar-refractivity contribution >= 4 is 17.0 Å². The molecule has 0 unspecified atom stereocenters. The summed E-state index contributed by atoms with van der Waals surface area (Å²) in [5.41, 5.74) is 6.56. The standard InChI is InChI=1S/C28H20N2O2/c1-19-12-14-22(15-13-19)28(31)32-23-16-17-24-25(18-23)30-27(21-10-6-3-7-11-21)26(29-24)20-8-4-2-5-9-20/h2-18H,1H3. The van der Waals surface area contributed by atoms with E-state index in [0.717, 1.165) is 33.6 Å². The molecule has 0 aliphatic heterocycles. The van der Waals surface area contributed by atoms with Gasteiger partial charge in [0, 0.05) is 17.2 Å². The number of hydrogen-bond acceptors (Lipinski definition) is 4. The molecule has 0 radical (unpaired) electrons. The molecule has 0 bridgehead atoms. The number of aromatic nitrogens is 2. The molecule has 0 aliphatic rings. The van der Waals surface area contributed by atoms with Crippen LogP contribution in [0.1, 0.15) is 15.9 Å². The van der Waals surface area contributed by atoms with Gasteiger partial charge in [-0.2, -0.15) is 0 Å². The van der Waals surface area contributed by atoms with Crippen molar-refractivity contribution in [2.45, 2.75) is 6.92 Å². The van der Waals surface area contributed by atoms with Crippen LogP contribution in [0.4, 0.5) is 0 Å². The van der Waals surface area contributed by atoms with Crippen molar-refractivity contribution in [2.75, 3.05) is 0 Å². The summed E-state index contributed by atoms with van der Waals surface area (Å²) < 4.78 is 5.60. The molecule has 0 aliphatic carbocycles. The molecule has 0 N–H and O–H groups in total. The predicted octanol–water partition coefficient (Wildman–Crippen LogP) is 6.49. The van der Waals surface area contributed by atoms with Gasteiger partial charge in [-0.25, -0.2) is 14.8 Å². The summed E-state index contributed by atoms with van der Waals surface area (Å²) in [4.78, 5) is 22.4. The molecule has 5 rings (SSSR count). The molecular weight excluding hydrogens is 396 g/mol. The van der Waals surface area contributed by atoms with Crippen molar-refractivity contribution < 1.29 is 9.53 Å². The Hall–Kier alpha value is -4.31. The summed E-state index contributed by atoms with van der Waals surface area (Å²) in [5.74, 6) is 0.0327. The lowest BCUT2D eigenvalue weighted by atomic mass is 10.0. The maximum atomic E-state index is 12.5. The van der Waals surface area contributed by atoms with Crippen LogP contribution in [-0.2, 0) is 0 Å². The first-order valence-corrected chi connectivity index (χ1v) is 10.4. The Morgan fingerprint density at radius 1 is 0.656 bits per heavy atom. The van der Waals surface area contributed by atoms with E-state index in [-0.39, 0.29) is 0 Å². The third-order valence-corrected chi connectivity index (χ3v) is 5.23. The summed E-state index contributed by atoms with van der Waals surface area (Å²) in [5, 5.41) is 0. The van der Waals surface area contributed by atoms with Gasteiger partial charge in [-0.1, -0.05) is 78.4 Å². The van der Waals surface area contributed by atoms with E-state index < -0.39 is 5.97 Å². The van der Waals surface area contributed by atoms with Crippen LogP contribution in [0.25, 0.3) is 33.5 Å². The Morgan fingerprint density at radius 3 is 1.81 bits per heavy atom. The fraction of sp³-hybridized carbons (Fsp3) is 0.0357. The average Bonchev–Trinajstić information content (AvgIpc) is 2.84. The van der Waals surface area contributed by atoms with Crippen LogP contribution in [-0.4, -0.2) is 15.9 Å². The van der Waals surface area contributed by atoms with Crippen molar-refractivity contribution in [3.05, 3.63) is 114 Å². The van der Waals surface area contributed by atoms with E-state index in [4.69, 9.17) is 14.7 Å². The average molecular weight is 416 g/mol. The molecule has 32 heavy (non-hydrogen) atoms. The number of ether oxygens (including phenoxy) is 1. The Labute approximate surface area is 186 Å². The Kier molecular flexibility index (Phi) is 5.18. The van der Waals surface area contributed by atoms with E-state index in [2.05, 4.69) is 0 Å². The SMILES string of the molecule is Cc1ccc(C(=O)Oc2ccc3nc(-c4ccccc4)c(-c4ccccc4)nc3c2)cc1. The summed E-state index contributed by atoms with van der Waals surface area (Å²) in [6.07, 6.45) is 0. The maximum absolute atomic E-state index is 12.5. The van der Waals surface area contributed by atoms with Crippen molar-refractivity contribution in [2.24, 2.45) is 0 Å². The van der Waals surface area contributed by atoms with Crippen LogP contribution in [0.15, 0.2) is 103 Å². The second-order valence-electron chi connectivity index (χ2n) is 7.56. The normalized spacial score (nSPS) is 10.8. The molecule has 0 saturated carbocycles. The van der Waals surface area contributed by atoms with Crippen molar-refractivity contribution in [3.8, 4) is 28.3 Å². The minimum Gasteiger partial charge on any atom is -0.423 e. The van der Waals surface area contributed by atoms with Crippen molar-refractivity contribution in [3.63, 3.8) is 0 Å². The molecule has 4 aromatic carbocycles. The molecule has 4 heteroatoms. The largest absolute Gasteiger partial charge is 0.423 e. The Morgan fingerprint density at radius 2 is 1.22 bits per heavy atom. The second-order valence-corrected chi connectivity index (χ2v) is 7.56. The molecular formula is C28H20N2O2. The molecule has 0 amide bonds. The number of hydrogen-bond donors (Lipinski definition) is 0. The number of fused-ring (bicyclic) bond motifs is 1. The molecule has 154 valence electrons. The van der Waals surface area contributed by atoms with Gasteiger partial charge in [0.05, 0.1) is 28.0 Å². The fourth-order valence-electron chi connectivity index (χ4n) is 3.55. The van der Waals surface area contributed by atoms with E-state index >= 15 is 0 Å². The van der Waals surface area contributed by atoms with Crippen LogP contribution in [0, 0.1) is 6.92 Å². The quantitative estimate of drug-likeness (QED) is 0.248. The predicted molar refractivity (Wildman–Crippen MR) is 127 cm³/mol. The van der Waals surface area contributed by atoms with Crippen molar-refractivity contribution in [1.82, 2.24) is 9.97 Å². The molecule has 4 nitrogen and oxygen atoms in total. The zero-order valence-electron chi connectivity index (χ0n) is 17.5. The first-order valence-electron chi connectivity index (χ1n) is 10.4. The van der Waals surface area contributed by atoms with Crippen LogP contribution in [0.5, 0.6) is 5.75 Å². The van der Waals surface area contributed by atoms with Gasteiger partial charge in [0.2, 0.25) is 0 Å². The zero-order valence-corrected chi connectivity index (χ0v) is 17.5. The fourth-order valence-corrected chi connectivity index (χ4v) is 3.55. The maximum Gasteiger partial charge on any atom is 0.343 e. The van der Waals surface area contributed by atoms with E-state index in [1.807, 2.05) is 85.8 Å². The first kappa shape index (κ1) is 19.6. The summed E-state index contributed by atoms with van der Waals surface area (Å²) in [7, 11) is 0. The Bertz CT molecular complexity index is 1400. The van der Waals surface area contributed by atoms with Crippen LogP contribution < -0.4 is 4.74 Å². The smallest absolute Gasteiger partial charge is 0.343 e. The van der Waals surface area contributed by atoms with Gasteiger partial charge >= 0.3 is 5.97 Å². The van der Waals surface area contributed by atoms with E-state index in [9.17, 15) is 4.79 Å². The third-order valence-electron chi connectivity index (χ3n) is 5.23. The van der Waals surface area contributed by atoms with Crippen LogP contribution in [0.2, 0.25) is 0 Å². The summed E-state index contributed by atoms with van der Waals surface area (Å²) >= 11 is 0. The summed E-state index contributed by atoms with van der Waals surface area (Å²) in [6.45, 7) is 1.98. The van der Waals surface area contributed by atoms with E-state index in [0.29, 0.717) is 16.8 Å². The van der Waals surface area contributed by atoms with Gasteiger partial charge in [0.25, 0.3) is 0 Å². The minimum absolute atomic E-state index is 0.401. The molecule has 0 atom stereocenters. The number of rotatable bonds is 4. The van der Waals surface area contributed by atoms with Gasteiger partial charge in [0.1, 0.15) is 5.75 Å². The lowest BCUT2D eigenvalue weighted by Crippen LogP contribution is -2.08. The third kappa shape index (κ3) is 3.98. The van der Waals surface area contributed by atoms with Gasteiger partial charge in [-0.15, -0.1) is 0 Å². The molecule has 0 fully saturated rings. The lowest BCUT2D eigenvalue weighted by Gasteiger charge is -2.11. The highest BCUT2D eigenvalue weighted by Gasteiger charge is 2.14. The van der Waals surface area contributed by atoms with Gasteiger partial charge in [-0.3, -0.25) is 0 Å². The Balaban J connectivity index is 1.57. The topological polar surface area (TPSA) is 52.1 Å². The number of benzene rings is 4. The van der Waals surface area contributed by atoms with E-state index in [1.165, 1.54) is 0 Å². The number of carbonyl (C=O) groups excluding carboxylic acids is 1. The van der Waals surface area contributed by atoms with Crippen LogP contribution >= 0.6 is 0 Å². The molecule has 1 aromatic heterocycles. The number of nitrogens with zero attached hydrogens (tertiary/aromatic N) is 2. The van der Waals surface area contributed by atoms with Gasteiger partial charge < -0.3 is 4.74 Å². The summed E-state index contributed by atoms with van der Waals surface area (Å²) in [6, 6.07) is 32.6. The van der Waals surface area contributed by atoms with E-state index in [1.54, 1.807) is 24.3 Å².